The molecule has 58 heavy (non-hydrogen) atoms. The van der Waals surface area contributed by atoms with Crippen LogP contribution in [0.2, 0.25) is 0 Å². The summed E-state index contributed by atoms with van der Waals surface area (Å²) in [6.45, 7) is 0. The molecule has 6 heteroatoms. The number of rotatable bonds is 8. The lowest BCUT2D eigenvalue weighted by molar-refractivity contribution is 1.07. The minimum absolute atomic E-state index is 0.627. The summed E-state index contributed by atoms with van der Waals surface area (Å²) in [7, 11) is 0. The first kappa shape index (κ1) is 34.5. The third-order valence-electron chi connectivity index (χ3n) is 10.2. The van der Waals surface area contributed by atoms with E-state index in [9.17, 15) is 0 Å². The topological polar surface area (TPSA) is 77.3 Å². The fourth-order valence-electron chi connectivity index (χ4n) is 7.25. The van der Waals surface area contributed by atoms with E-state index in [1.807, 2.05) is 121 Å². The highest BCUT2D eigenvalue weighted by Crippen LogP contribution is 2.35. The predicted molar refractivity (Wildman–Crippen MR) is 234 cm³/mol. The van der Waals surface area contributed by atoms with E-state index in [0.29, 0.717) is 34.9 Å². The van der Waals surface area contributed by atoms with Gasteiger partial charge in [0.2, 0.25) is 0 Å². The van der Waals surface area contributed by atoms with E-state index in [-0.39, 0.29) is 0 Å². The Labute approximate surface area is 336 Å². The average molecular weight is 743 g/mol. The minimum Gasteiger partial charge on any atom is -0.208 e. The van der Waals surface area contributed by atoms with Crippen molar-refractivity contribution >= 4 is 10.8 Å². The van der Waals surface area contributed by atoms with Gasteiger partial charge >= 0.3 is 0 Å². The second kappa shape index (κ2) is 15.3. The highest BCUT2D eigenvalue weighted by Gasteiger charge is 2.16. The highest BCUT2D eigenvalue weighted by molar-refractivity contribution is 5.99. The molecule has 0 radical (unpaired) electrons. The fraction of sp³-hybridized carbons (Fsp3) is 0. The van der Waals surface area contributed by atoms with Gasteiger partial charge in [-0.2, -0.15) is 0 Å². The van der Waals surface area contributed by atoms with E-state index in [0.717, 1.165) is 66.4 Å². The van der Waals surface area contributed by atoms with Crippen LogP contribution in [0.15, 0.2) is 206 Å². The molecule has 0 aliphatic carbocycles. The van der Waals surface area contributed by atoms with E-state index in [4.69, 9.17) is 29.9 Å². The van der Waals surface area contributed by atoms with Crippen molar-refractivity contribution in [3.05, 3.63) is 206 Å². The molecule has 0 aliphatic heterocycles. The molecule has 0 saturated heterocycles. The van der Waals surface area contributed by atoms with Crippen molar-refractivity contribution in [3.63, 3.8) is 0 Å². The lowest BCUT2D eigenvalue weighted by Gasteiger charge is -2.12. The number of hydrogen-bond donors (Lipinski definition) is 0. The van der Waals surface area contributed by atoms with Gasteiger partial charge in [-0.05, 0) is 51.2 Å². The Balaban J connectivity index is 1.01. The minimum atomic E-state index is 0.627. The largest absolute Gasteiger partial charge is 0.208 e. The van der Waals surface area contributed by atoms with E-state index < -0.39 is 0 Å². The van der Waals surface area contributed by atoms with Gasteiger partial charge in [-0.15, -0.1) is 0 Å². The van der Waals surface area contributed by atoms with Gasteiger partial charge in [0.25, 0.3) is 0 Å². The Morgan fingerprint density at radius 1 is 0.207 bits per heavy atom. The molecular weight excluding hydrogens is 709 g/mol. The maximum atomic E-state index is 4.98. The van der Waals surface area contributed by atoms with Crippen molar-refractivity contribution < 1.29 is 0 Å². The van der Waals surface area contributed by atoms with Crippen molar-refractivity contribution in [2.45, 2.75) is 0 Å². The van der Waals surface area contributed by atoms with Gasteiger partial charge < -0.3 is 0 Å². The maximum absolute atomic E-state index is 4.98. The zero-order valence-corrected chi connectivity index (χ0v) is 31.3. The summed E-state index contributed by atoms with van der Waals surface area (Å²) in [5, 5.41) is 2.30. The van der Waals surface area contributed by atoms with Crippen LogP contribution in [0.3, 0.4) is 0 Å². The molecule has 0 amide bonds. The number of fused-ring (bicyclic) bond motifs is 1. The maximum Gasteiger partial charge on any atom is 0.164 e. The number of aromatic nitrogens is 6. The standard InChI is InChI=1S/C52H34N6/c1-5-16-35(17-6-1)47-53-48(36-18-7-2-8-19-36)56-51(55-47)43-27-13-24-39(33-43)40-30-31-46-41(32-40)26-15-29-45(46)42-25-14-28-44(34-42)52-57-49(37-20-9-3-10-21-37)54-50(58-52)38-22-11-4-12-23-38/h1-34H. The van der Waals surface area contributed by atoms with E-state index in [1.165, 1.54) is 0 Å². The van der Waals surface area contributed by atoms with Crippen molar-refractivity contribution in [2.24, 2.45) is 0 Å². The molecule has 8 aromatic carbocycles. The zero-order valence-electron chi connectivity index (χ0n) is 31.3. The van der Waals surface area contributed by atoms with Gasteiger partial charge in [-0.25, -0.2) is 29.9 Å². The van der Waals surface area contributed by atoms with E-state index in [2.05, 4.69) is 84.9 Å². The normalized spacial score (nSPS) is 11.1. The van der Waals surface area contributed by atoms with Crippen LogP contribution in [0.5, 0.6) is 0 Å². The number of benzene rings is 8. The van der Waals surface area contributed by atoms with Crippen molar-refractivity contribution in [2.75, 3.05) is 0 Å². The Morgan fingerprint density at radius 3 is 0.983 bits per heavy atom. The molecule has 0 saturated carbocycles. The van der Waals surface area contributed by atoms with Crippen LogP contribution >= 0.6 is 0 Å². The molecule has 0 aliphatic rings. The first-order valence-electron chi connectivity index (χ1n) is 19.2. The van der Waals surface area contributed by atoms with Crippen molar-refractivity contribution in [1.82, 2.24) is 29.9 Å². The second-order valence-corrected chi connectivity index (χ2v) is 14.0. The molecule has 0 bridgehead atoms. The fourth-order valence-corrected chi connectivity index (χ4v) is 7.25. The van der Waals surface area contributed by atoms with Crippen LogP contribution < -0.4 is 0 Å². The number of hydrogen-bond acceptors (Lipinski definition) is 6. The molecule has 10 aromatic rings. The van der Waals surface area contributed by atoms with Crippen LogP contribution in [0.4, 0.5) is 0 Å². The van der Waals surface area contributed by atoms with Crippen molar-refractivity contribution in [1.29, 1.82) is 0 Å². The molecule has 10 rings (SSSR count). The van der Waals surface area contributed by atoms with Gasteiger partial charge in [0, 0.05) is 33.4 Å². The Morgan fingerprint density at radius 2 is 0.534 bits per heavy atom. The lowest BCUT2D eigenvalue weighted by atomic mass is 9.94. The quantitative estimate of drug-likeness (QED) is 0.154. The third-order valence-corrected chi connectivity index (χ3v) is 10.2. The molecule has 6 nitrogen and oxygen atoms in total. The van der Waals surface area contributed by atoms with Crippen LogP contribution in [0.25, 0.3) is 101 Å². The van der Waals surface area contributed by atoms with Crippen LogP contribution in [-0.4, -0.2) is 29.9 Å². The third kappa shape index (κ3) is 7.02. The van der Waals surface area contributed by atoms with Gasteiger partial charge in [0.1, 0.15) is 0 Å². The van der Waals surface area contributed by atoms with Crippen LogP contribution in [0.1, 0.15) is 0 Å². The van der Waals surface area contributed by atoms with Gasteiger partial charge in [-0.1, -0.05) is 188 Å². The van der Waals surface area contributed by atoms with Crippen LogP contribution in [-0.2, 0) is 0 Å². The predicted octanol–water partition coefficient (Wildman–Crippen LogP) is 12.5. The molecule has 272 valence electrons. The van der Waals surface area contributed by atoms with Gasteiger partial charge in [-0.3, -0.25) is 0 Å². The molecule has 0 atom stereocenters. The monoisotopic (exact) mass is 742 g/mol. The smallest absolute Gasteiger partial charge is 0.164 e. The molecule has 0 unspecified atom stereocenters. The molecule has 0 fully saturated rings. The summed E-state index contributed by atoms with van der Waals surface area (Å²) in [6, 6.07) is 70.3. The molecule has 0 N–H and O–H groups in total. The van der Waals surface area contributed by atoms with Crippen LogP contribution in [0, 0.1) is 0 Å². The first-order valence-corrected chi connectivity index (χ1v) is 19.2. The summed E-state index contributed by atoms with van der Waals surface area (Å²) < 4.78 is 0. The molecule has 2 heterocycles. The van der Waals surface area contributed by atoms with E-state index >= 15 is 0 Å². The van der Waals surface area contributed by atoms with Gasteiger partial charge in [0.15, 0.2) is 34.9 Å². The summed E-state index contributed by atoms with van der Waals surface area (Å²) in [5.41, 5.74) is 10.0. The Bertz CT molecular complexity index is 2930. The lowest BCUT2D eigenvalue weighted by Crippen LogP contribution is -2.00. The second-order valence-electron chi connectivity index (χ2n) is 14.0. The molecule has 0 spiro atoms. The van der Waals surface area contributed by atoms with Gasteiger partial charge in [0.05, 0.1) is 0 Å². The molecular formula is C52H34N6. The van der Waals surface area contributed by atoms with E-state index in [1.54, 1.807) is 0 Å². The summed E-state index contributed by atoms with van der Waals surface area (Å²) in [5.74, 6) is 3.81. The first-order chi connectivity index (χ1) is 28.7. The Hall–Kier alpha value is -7.96. The summed E-state index contributed by atoms with van der Waals surface area (Å²) in [4.78, 5) is 29.6. The average Bonchev–Trinajstić information content (AvgIpc) is 3.32. The Kier molecular flexibility index (Phi) is 9.10. The summed E-state index contributed by atoms with van der Waals surface area (Å²) in [6.07, 6.45) is 0. The summed E-state index contributed by atoms with van der Waals surface area (Å²) >= 11 is 0. The highest BCUT2D eigenvalue weighted by atomic mass is 15.0. The zero-order chi connectivity index (χ0) is 38.7. The molecule has 2 aromatic heterocycles. The number of nitrogens with zero attached hydrogens (tertiary/aromatic N) is 6. The SMILES string of the molecule is c1ccc(-c2nc(-c3ccccc3)nc(-c3cccc(-c4ccc5c(-c6cccc(-c7nc(-c8ccccc8)nc(-c8ccccc8)n7)c6)cccc5c4)c3)n2)cc1. The van der Waals surface area contributed by atoms with Crippen molar-refractivity contribution in [3.8, 4) is 90.6 Å².